The van der Waals surface area contributed by atoms with Crippen LogP contribution in [0.5, 0.6) is 0 Å². The number of rotatable bonds is 4. The van der Waals surface area contributed by atoms with Gasteiger partial charge in [0.25, 0.3) is 0 Å². The smallest absolute Gasteiger partial charge is 0.124 e. The lowest BCUT2D eigenvalue weighted by Gasteiger charge is -2.15. The highest BCUT2D eigenvalue weighted by molar-refractivity contribution is 9.10. The fourth-order valence-corrected chi connectivity index (χ4v) is 2.55. The second-order valence-corrected chi connectivity index (χ2v) is 5.71. The number of hydrogen-bond acceptors (Lipinski definition) is 1. The Bertz CT molecular complexity index is 548. The van der Waals surface area contributed by atoms with Crippen molar-refractivity contribution in [1.82, 2.24) is 5.32 Å². The molecule has 0 aliphatic carbocycles. The molecule has 2 rings (SSSR count). The minimum atomic E-state index is -0.214. The van der Waals surface area contributed by atoms with Crippen LogP contribution < -0.4 is 5.32 Å². The zero-order valence-electron chi connectivity index (χ0n) is 11.1. The minimum Gasteiger partial charge on any atom is -0.306 e. The van der Waals surface area contributed by atoms with E-state index in [9.17, 15) is 4.39 Å². The molecule has 0 aliphatic rings. The zero-order valence-corrected chi connectivity index (χ0v) is 12.7. The lowest BCUT2D eigenvalue weighted by molar-refractivity contribution is 0.568. The maximum atomic E-state index is 13.3. The lowest BCUT2D eigenvalue weighted by atomic mass is 10.1. The van der Waals surface area contributed by atoms with Crippen molar-refractivity contribution in [2.45, 2.75) is 26.4 Å². The Hall–Kier alpha value is -1.19. The van der Waals surface area contributed by atoms with Gasteiger partial charge in [0.1, 0.15) is 5.82 Å². The van der Waals surface area contributed by atoms with E-state index < -0.39 is 0 Å². The highest BCUT2D eigenvalue weighted by Crippen LogP contribution is 2.17. The van der Waals surface area contributed by atoms with Crippen molar-refractivity contribution in [2.24, 2.45) is 0 Å². The van der Waals surface area contributed by atoms with Crippen LogP contribution in [0.2, 0.25) is 0 Å². The van der Waals surface area contributed by atoms with Gasteiger partial charge in [0.15, 0.2) is 0 Å². The number of nitrogens with one attached hydrogen (secondary N) is 1. The van der Waals surface area contributed by atoms with E-state index in [1.54, 1.807) is 6.07 Å². The Morgan fingerprint density at radius 2 is 2.00 bits per heavy atom. The fraction of sp³-hybridized carbons (Fsp3) is 0.250. The van der Waals surface area contributed by atoms with Crippen molar-refractivity contribution in [1.29, 1.82) is 0 Å². The molecule has 0 unspecified atom stereocenters. The minimum absolute atomic E-state index is 0.214. The van der Waals surface area contributed by atoms with Crippen LogP contribution in [-0.2, 0) is 6.54 Å². The maximum absolute atomic E-state index is 13.3. The Morgan fingerprint density at radius 3 is 2.68 bits per heavy atom. The van der Waals surface area contributed by atoms with Crippen LogP contribution in [0.1, 0.15) is 29.7 Å². The van der Waals surface area contributed by atoms with E-state index in [1.807, 2.05) is 6.07 Å². The molecule has 2 aromatic rings. The van der Waals surface area contributed by atoms with Crippen molar-refractivity contribution >= 4 is 15.9 Å². The van der Waals surface area contributed by atoms with Gasteiger partial charge in [0, 0.05) is 17.1 Å². The first kappa shape index (κ1) is 14.2. The third-order valence-corrected chi connectivity index (χ3v) is 3.53. The molecule has 0 bridgehead atoms. The Kier molecular flexibility index (Phi) is 4.72. The van der Waals surface area contributed by atoms with Gasteiger partial charge in [0.2, 0.25) is 0 Å². The van der Waals surface area contributed by atoms with E-state index in [0.717, 1.165) is 10.0 Å². The predicted molar refractivity (Wildman–Crippen MR) is 80.5 cm³/mol. The summed E-state index contributed by atoms with van der Waals surface area (Å²) in [5, 5.41) is 3.41. The molecule has 2 aromatic carbocycles. The van der Waals surface area contributed by atoms with Crippen molar-refractivity contribution in [3.63, 3.8) is 0 Å². The SMILES string of the molecule is Cc1cccc([C@@H](C)NCc2cc(F)cc(Br)c2)c1. The topological polar surface area (TPSA) is 12.0 Å². The molecule has 0 fully saturated rings. The van der Waals surface area contributed by atoms with Gasteiger partial charge in [-0.15, -0.1) is 0 Å². The summed E-state index contributed by atoms with van der Waals surface area (Å²) in [7, 11) is 0. The molecule has 0 spiro atoms. The normalized spacial score (nSPS) is 12.4. The summed E-state index contributed by atoms with van der Waals surface area (Å²) in [5.41, 5.74) is 3.43. The van der Waals surface area contributed by atoms with Gasteiger partial charge in [0.05, 0.1) is 0 Å². The molecule has 1 N–H and O–H groups in total. The van der Waals surface area contributed by atoms with Crippen molar-refractivity contribution < 1.29 is 4.39 Å². The molecule has 0 radical (unpaired) electrons. The van der Waals surface area contributed by atoms with E-state index in [0.29, 0.717) is 6.54 Å². The molecule has 0 aliphatic heterocycles. The van der Waals surface area contributed by atoms with Gasteiger partial charge in [-0.25, -0.2) is 4.39 Å². The molecule has 0 heterocycles. The van der Waals surface area contributed by atoms with Crippen LogP contribution >= 0.6 is 15.9 Å². The highest BCUT2D eigenvalue weighted by Gasteiger charge is 2.06. The molecule has 1 nitrogen and oxygen atoms in total. The first-order valence-corrected chi connectivity index (χ1v) is 7.09. The van der Waals surface area contributed by atoms with Gasteiger partial charge < -0.3 is 5.32 Å². The van der Waals surface area contributed by atoms with Gasteiger partial charge in [-0.1, -0.05) is 45.8 Å². The Balaban J connectivity index is 2.02. The fourth-order valence-electron chi connectivity index (χ4n) is 2.04. The molecule has 0 aromatic heterocycles. The highest BCUT2D eigenvalue weighted by atomic mass is 79.9. The second kappa shape index (κ2) is 6.31. The molecule has 100 valence electrons. The van der Waals surface area contributed by atoms with Crippen LogP contribution in [-0.4, -0.2) is 0 Å². The Labute approximate surface area is 122 Å². The van der Waals surface area contributed by atoms with Crippen LogP contribution in [0.15, 0.2) is 46.9 Å². The van der Waals surface area contributed by atoms with Crippen molar-refractivity contribution in [3.8, 4) is 0 Å². The molecule has 0 saturated heterocycles. The van der Waals surface area contributed by atoms with E-state index >= 15 is 0 Å². The van der Waals surface area contributed by atoms with Crippen molar-refractivity contribution in [3.05, 3.63) is 69.4 Å². The molecule has 0 amide bonds. The maximum Gasteiger partial charge on any atom is 0.124 e. The monoisotopic (exact) mass is 321 g/mol. The molecular weight excluding hydrogens is 305 g/mol. The largest absolute Gasteiger partial charge is 0.306 e. The van der Waals surface area contributed by atoms with Gasteiger partial charge >= 0.3 is 0 Å². The third kappa shape index (κ3) is 4.15. The van der Waals surface area contributed by atoms with E-state index in [2.05, 4.69) is 59.4 Å². The van der Waals surface area contributed by atoms with E-state index in [-0.39, 0.29) is 11.9 Å². The summed E-state index contributed by atoms with van der Waals surface area (Å²) in [6, 6.07) is 13.6. The summed E-state index contributed by atoms with van der Waals surface area (Å²) in [6.45, 7) is 4.84. The van der Waals surface area contributed by atoms with Crippen LogP contribution in [0.3, 0.4) is 0 Å². The second-order valence-electron chi connectivity index (χ2n) is 4.79. The number of aryl methyl sites for hydroxylation is 1. The number of benzene rings is 2. The summed E-state index contributed by atoms with van der Waals surface area (Å²) in [4.78, 5) is 0. The Morgan fingerprint density at radius 1 is 1.21 bits per heavy atom. The third-order valence-electron chi connectivity index (χ3n) is 3.08. The molecule has 1 atom stereocenters. The summed E-state index contributed by atoms with van der Waals surface area (Å²) in [5.74, 6) is -0.214. The van der Waals surface area contributed by atoms with Gasteiger partial charge in [-0.3, -0.25) is 0 Å². The van der Waals surface area contributed by atoms with Crippen molar-refractivity contribution in [2.75, 3.05) is 0 Å². The van der Waals surface area contributed by atoms with Gasteiger partial charge in [-0.2, -0.15) is 0 Å². The van der Waals surface area contributed by atoms with Crippen LogP contribution in [0.4, 0.5) is 4.39 Å². The first-order chi connectivity index (χ1) is 9.04. The summed E-state index contributed by atoms with van der Waals surface area (Å²) >= 11 is 3.31. The van der Waals surface area contributed by atoms with E-state index in [1.165, 1.54) is 17.2 Å². The summed E-state index contributed by atoms with van der Waals surface area (Å²) < 4.78 is 14.0. The standard InChI is InChI=1S/C16H17BrFN/c1-11-4-3-5-14(6-11)12(2)19-10-13-7-15(17)9-16(18)8-13/h3-9,12,19H,10H2,1-2H3/t12-/m1/s1. The number of hydrogen-bond donors (Lipinski definition) is 1. The number of halogens is 2. The lowest BCUT2D eigenvalue weighted by Crippen LogP contribution is -2.18. The average molecular weight is 322 g/mol. The summed E-state index contributed by atoms with van der Waals surface area (Å²) in [6.07, 6.45) is 0. The van der Waals surface area contributed by atoms with E-state index in [4.69, 9.17) is 0 Å². The van der Waals surface area contributed by atoms with Gasteiger partial charge in [-0.05, 0) is 43.2 Å². The predicted octanol–water partition coefficient (Wildman–Crippen LogP) is 4.75. The average Bonchev–Trinajstić information content (AvgIpc) is 2.35. The van der Waals surface area contributed by atoms with Crippen LogP contribution in [0.25, 0.3) is 0 Å². The quantitative estimate of drug-likeness (QED) is 0.857. The van der Waals surface area contributed by atoms with Crippen LogP contribution in [0, 0.1) is 12.7 Å². The zero-order chi connectivity index (χ0) is 13.8. The molecule has 3 heteroatoms. The molecular formula is C16H17BrFN. The molecule has 19 heavy (non-hydrogen) atoms. The first-order valence-electron chi connectivity index (χ1n) is 6.29. The molecule has 0 saturated carbocycles.